The zero-order valence-electron chi connectivity index (χ0n) is 15.6. The largest absolute Gasteiger partial charge is 0.484 e. The number of benzene rings is 2. The lowest BCUT2D eigenvalue weighted by molar-refractivity contribution is -0.124. The van der Waals surface area contributed by atoms with E-state index in [9.17, 15) is 13.2 Å². The van der Waals surface area contributed by atoms with E-state index in [1.54, 1.807) is 50.4 Å². The van der Waals surface area contributed by atoms with Crippen LogP contribution in [0.3, 0.4) is 0 Å². The van der Waals surface area contributed by atoms with Crippen LogP contribution in [0.5, 0.6) is 5.75 Å². The van der Waals surface area contributed by atoms with Gasteiger partial charge in [-0.1, -0.05) is 18.2 Å². The summed E-state index contributed by atoms with van der Waals surface area (Å²) in [5, 5.41) is 2.74. The van der Waals surface area contributed by atoms with Gasteiger partial charge in [0.15, 0.2) is 6.61 Å². The van der Waals surface area contributed by atoms with Crippen LogP contribution < -0.4 is 14.8 Å². The molecule has 1 amide bonds. The molecule has 0 aliphatic heterocycles. The molecule has 0 radical (unpaired) electrons. The second kappa shape index (κ2) is 9.38. The fraction of sp³-hybridized carbons (Fsp3) is 0.316. The van der Waals surface area contributed by atoms with E-state index in [1.165, 1.54) is 12.1 Å². The van der Waals surface area contributed by atoms with Crippen molar-refractivity contribution in [3.63, 3.8) is 0 Å². The van der Waals surface area contributed by atoms with Crippen LogP contribution >= 0.6 is 0 Å². The number of rotatable bonds is 9. The number of anilines is 1. The fourth-order valence-corrected chi connectivity index (χ4v) is 3.57. The zero-order chi connectivity index (χ0) is 19.9. The molecule has 0 saturated carbocycles. The second-order valence-corrected chi connectivity index (χ2v) is 7.79. The van der Waals surface area contributed by atoms with E-state index in [-0.39, 0.29) is 23.5 Å². The van der Waals surface area contributed by atoms with Gasteiger partial charge in [0, 0.05) is 18.8 Å². The first-order valence-corrected chi connectivity index (χ1v) is 9.90. The molecule has 0 spiro atoms. The summed E-state index contributed by atoms with van der Waals surface area (Å²) in [7, 11) is -2.14. The van der Waals surface area contributed by atoms with E-state index in [4.69, 9.17) is 9.47 Å². The normalized spacial score (nSPS) is 12.3. The molecule has 2 rings (SSSR count). The summed E-state index contributed by atoms with van der Waals surface area (Å²) in [5.74, 6) is 0.171. The number of ether oxygens (including phenoxy) is 2. The lowest BCUT2D eigenvalue weighted by Gasteiger charge is -2.14. The first-order chi connectivity index (χ1) is 12.8. The average molecular weight is 392 g/mol. The minimum atomic E-state index is -3.70. The van der Waals surface area contributed by atoms with Gasteiger partial charge in [-0.25, -0.2) is 8.42 Å². The zero-order valence-corrected chi connectivity index (χ0v) is 16.4. The summed E-state index contributed by atoms with van der Waals surface area (Å²) >= 11 is 0. The van der Waals surface area contributed by atoms with Crippen molar-refractivity contribution in [2.24, 2.45) is 0 Å². The van der Waals surface area contributed by atoms with Crippen molar-refractivity contribution in [2.45, 2.75) is 24.8 Å². The van der Waals surface area contributed by atoms with Crippen LogP contribution in [0.2, 0.25) is 0 Å². The SMILES string of the molecule is COC[C@H](C)NC(=O)COc1ccc(S(=O)(=O)Nc2ccccc2)cc1C. The van der Waals surface area contributed by atoms with E-state index in [0.29, 0.717) is 23.6 Å². The molecule has 146 valence electrons. The van der Waals surface area contributed by atoms with Crippen molar-refractivity contribution >= 4 is 21.6 Å². The highest BCUT2D eigenvalue weighted by molar-refractivity contribution is 7.92. The highest BCUT2D eigenvalue weighted by atomic mass is 32.2. The standard InChI is InChI=1S/C19H24N2O5S/c1-14-11-17(27(23,24)21-16-7-5-4-6-8-16)9-10-18(14)26-13-19(22)20-15(2)12-25-3/h4-11,15,21H,12-13H2,1-3H3,(H,20,22)/t15-/m0/s1. The number of carbonyl (C=O) groups is 1. The maximum absolute atomic E-state index is 12.5. The van der Waals surface area contributed by atoms with Crippen molar-refractivity contribution in [2.75, 3.05) is 25.0 Å². The monoisotopic (exact) mass is 392 g/mol. The van der Waals surface area contributed by atoms with Gasteiger partial charge in [0.1, 0.15) is 5.75 Å². The number of sulfonamides is 1. The summed E-state index contributed by atoms with van der Waals surface area (Å²) in [4.78, 5) is 12.0. The van der Waals surface area contributed by atoms with Crippen molar-refractivity contribution in [1.29, 1.82) is 0 Å². The van der Waals surface area contributed by atoms with Crippen molar-refractivity contribution < 1.29 is 22.7 Å². The number of nitrogens with one attached hydrogen (secondary N) is 2. The Kier molecular flexibility index (Phi) is 7.20. The Morgan fingerprint density at radius 1 is 1.15 bits per heavy atom. The third-order valence-corrected chi connectivity index (χ3v) is 5.04. The molecule has 0 saturated heterocycles. The molecule has 2 aromatic rings. The Morgan fingerprint density at radius 2 is 1.85 bits per heavy atom. The van der Waals surface area contributed by atoms with Crippen molar-refractivity contribution in [1.82, 2.24) is 5.32 Å². The first kappa shape index (κ1) is 20.7. The molecule has 8 heteroatoms. The highest BCUT2D eigenvalue weighted by Crippen LogP contribution is 2.23. The Morgan fingerprint density at radius 3 is 2.48 bits per heavy atom. The van der Waals surface area contributed by atoms with E-state index in [1.807, 2.05) is 6.92 Å². The molecule has 1 atom stereocenters. The van der Waals surface area contributed by atoms with Gasteiger partial charge in [-0.15, -0.1) is 0 Å². The summed E-state index contributed by atoms with van der Waals surface area (Å²) in [5.41, 5.74) is 1.10. The molecule has 0 aliphatic rings. The van der Waals surface area contributed by atoms with Crippen LogP contribution in [0, 0.1) is 6.92 Å². The lowest BCUT2D eigenvalue weighted by atomic mass is 10.2. The highest BCUT2D eigenvalue weighted by Gasteiger charge is 2.16. The Balaban J connectivity index is 2.01. The van der Waals surface area contributed by atoms with Crippen LogP contribution in [-0.4, -0.2) is 40.7 Å². The minimum absolute atomic E-state index is 0.120. The Labute approximate surface area is 159 Å². The molecule has 27 heavy (non-hydrogen) atoms. The van der Waals surface area contributed by atoms with E-state index in [2.05, 4.69) is 10.0 Å². The molecule has 0 unspecified atom stereocenters. The van der Waals surface area contributed by atoms with Crippen LogP contribution in [0.4, 0.5) is 5.69 Å². The van der Waals surface area contributed by atoms with E-state index < -0.39 is 10.0 Å². The van der Waals surface area contributed by atoms with Gasteiger partial charge in [0.05, 0.1) is 11.5 Å². The fourth-order valence-electron chi connectivity index (χ4n) is 2.42. The van der Waals surface area contributed by atoms with Crippen molar-refractivity contribution in [3.05, 3.63) is 54.1 Å². The smallest absolute Gasteiger partial charge is 0.261 e. The van der Waals surface area contributed by atoms with E-state index in [0.717, 1.165) is 0 Å². The number of carbonyl (C=O) groups excluding carboxylic acids is 1. The molecule has 0 aromatic heterocycles. The summed E-state index contributed by atoms with van der Waals surface area (Å²) in [6, 6.07) is 13.0. The van der Waals surface area contributed by atoms with Crippen LogP contribution in [-0.2, 0) is 19.6 Å². The molecule has 0 fully saturated rings. The number of hydrogen-bond acceptors (Lipinski definition) is 5. The molecule has 0 aliphatic carbocycles. The summed E-state index contributed by atoms with van der Waals surface area (Å²) in [6.07, 6.45) is 0. The number of methoxy groups -OCH3 is 1. The van der Waals surface area contributed by atoms with Gasteiger partial charge in [0.25, 0.3) is 15.9 Å². The summed E-state index contributed by atoms with van der Waals surface area (Å²) in [6.45, 7) is 3.79. The van der Waals surface area contributed by atoms with Gasteiger partial charge in [0.2, 0.25) is 0 Å². The Hall–Kier alpha value is -2.58. The summed E-state index contributed by atoms with van der Waals surface area (Å²) < 4.78 is 37.9. The number of hydrogen-bond donors (Lipinski definition) is 2. The van der Waals surface area contributed by atoms with Gasteiger partial charge in [-0.05, 0) is 49.7 Å². The predicted molar refractivity (Wildman–Crippen MR) is 103 cm³/mol. The lowest BCUT2D eigenvalue weighted by Crippen LogP contribution is -2.38. The maximum atomic E-state index is 12.5. The molecular formula is C19H24N2O5S. The quantitative estimate of drug-likeness (QED) is 0.683. The molecule has 0 bridgehead atoms. The molecular weight excluding hydrogens is 368 g/mol. The topological polar surface area (TPSA) is 93.7 Å². The number of para-hydroxylation sites is 1. The third kappa shape index (κ3) is 6.26. The van der Waals surface area contributed by atoms with Gasteiger partial charge >= 0.3 is 0 Å². The predicted octanol–water partition coefficient (Wildman–Crippen LogP) is 2.33. The van der Waals surface area contributed by atoms with Gasteiger partial charge in [-0.3, -0.25) is 9.52 Å². The van der Waals surface area contributed by atoms with E-state index >= 15 is 0 Å². The van der Waals surface area contributed by atoms with Crippen LogP contribution in [0.15, 0.2) is 53.4 Å². The number of aryl methyl sites for hydroxylation is 1. The maximum Gasteiger partial charge on any atom is 0.261 e. The minimum Gasteiger partial charge on any atom is -0.484 e. The third-order valence-electron chi connectivity index (χ3n) is 3.67. The van der Waals surface area contributed by atoms with Gasteiger partial charge in [-0.2, -0.15) is 0 Å². The Bertz CT molecular complexity index is 869. The molecule has 7 nitrogen and oxygen atoms in total. The second-order valence-electron chi connectivity index (χ2n) is 6.11. The van der Waals surface area contributed by atoms with Crippen molar-refractivity contribution in [3.8, 4) is 5.75 Å². The number of amides is 1. The first-order valence-electron chi connectivity index (χ1n) is 8.41. The molecule has 2 N–H and O–H groups in total. The average Bonchev–Trinajstić information content (AvgIpc) is 2.61. The molecule has 2 aromatic carbocycles. The molecule has 0 heterocycles. The van der Waals surface area contributed by atoms with Crippen LogP contribution in [0.25, 0.3) is 0 Å². The van der Waals surface area contributed by atoms with Crippen LogP contribution in [0.1, 0.15) is 12.5 Å². The van der Waals surface area contributed by atoms with Gasteiger partial charge < -0.3 is 14.8 Å².